The fraction of sp³-hybridized carbons (Fsp3) is 1.00. The first-order valence-electron chi connectivity index (χ1n) is 5.50. The average molecular weight is 236 g/mol. The van der Waals surface area contributed by atoms with E-state index in [9.17, 15) is 9.11 Å². The maximum Gasteiger partial charge on any atom is 0.261 e. The highest BCUT2D eigenvalue weighted by Crippen LogP contribution is 2.25. The molecule has 1 fully saturated rings. The summed E-state index contributed by atoms with van der Waals surface area (Å²) in [5.41, 5.74) is 0. The lowest BCUT2D eigenvalue weighted by atomic mass is 10.3. The van der Waals surface area contributed by atoms with Gasteiger partial charge in [-0.05, 0) is 25.7 Å². The molecule has 3 unspecified atom stereocenters. The number of rotatable bonds is 5. The van der Waals surface area contributed by atoms with Crippen LogP contribution in [-0.2, 0) is 22.4 Å². The number of hydrogen-bond donors (Lipinski definition) is 0. The summed E-state index contributed by atoms with van der Waals surface area (Å²) in [6, 6.07) is 0. The molecule has 0 aromatic rings. The monoisotopic (exact) mass is 236 g/mol. The summed E-state index contributed by atoms with van der Waals surface area (Å²) in [5.74, 6) is 1.52. The molecule has 14 heavy (non-hydrogen) atoms. The van der Waals surface area contributed by atoms with E-state index in [1.807, 2.05) is 0 Å². The van der Waals surface area contributed by atoms with E-state index in [1.54, 1.807) is 0 Å². The van der Waals surface area contributed by atoms with Crippen molar-refractivity contribution in [1.29, 1.82) is 0 Å². The second-order valence-corrected chi connectivity index (χ2v) is 7.58. The van der Waals surface area contributed by atoms with Crippen molar-refractivity contribution in [1.82, 2.24) is 0 Å². The van der Waals surface area contributed by atoms with Gasteiger partial charge in [0.25, 0.3) is 4.58 Å². The van der Waals surface area contributed by atoms with Crippen molar-refractivity contribution in [3.8, 4) is 0 Å². The lowest BCUT2D eigenvalue weighted by Gasteiger charge is -2.27. The van der Waals surface area contributed by atoms with Crippen LogP contribution in [0.3, 0.4) is 0 Å². The molecule has 0 spiro atoms. The van der Waals surface area contributed by atoms with Crippen LogP contribution in [0.1, 0.15) is 45.4 Å². The molecular weight excluding hydrogens is 216 g/mol. The topological polar surface area (TPSA) is 46.1 Å². The molecule has 84 valence electrons. The molecule has 1 rings (SSSR count). The summed E-state index contributed by atoms with van der Waals surface area (Å²) < 4.78 is 23.4. The van der Waals surface area contributed by atoms with Gasteiger partial charge in [-0.2, -0.15) is 0 Å². The highest BCUT2D eigenvalue weighted by molar-refractivity contribution is 8.09. The zero-order valence-corrected chi connectivity index (χ0v) is 10.5. The summed E-state index contributed by atoms with van der Waals surface area (Å²) in [5, 5.41) is 0. The molecule has 0 saturated carbocycles. The van der Waals surface area contributed by atoms with Gasteiger partial charge >= 0.3 is 0 Å². The Balaban J connectivity index is 2.23. The van der Waals surface area contributed by atoms with E-state index in [4.69, 9.17) is 0 Å². The van der Waals surface area contributed by atoms with Gasteiger partial charge in [0.1, 0.15) is 11.5 Å². The highest BCUT2D eigenvalue weighted by atomic mass is 32.3. The zero-order chi connectivity index (χ0) is 10.4. The summed E-state index contributed by atoms with van der Waals surface area (Å²) >= 11 is -1.65. The van der Waals surface area contributed by atoms with Crippen molar-refractivity contribution >= 4 is 22.4 Å². The van der Waals surface area contributed by atoms with Gasteiger partial charge in [0, 0.05) is 28.8 Å². The Morgan fingerprint density at radius 3 is 2.79 bits per heavy atom. The van der Waals surface area contributed by atoms with Crippen LogP contribution >= 0.6 is 0 Å². The van der Waals surface area contributed by atoms with Crippen molar-refractivity contribution in [2.24, 2.45) is 0 Å². The van der Waals surface area contributed by atoms with Crippen LogP contribution < -0.4 is 0 Å². The maximum absolute atomic E-state index is 11.8. The van der Waals surface area contributed by atoms with Gasteiger partial charge in [0.2, 0.25) is 0 Å². The van der Waals surface area contributed by atoms with E-state index in [-0.39, 0.29) is 4.58 Å². The van der Waals surface area contributed by atoms with Crippen molar-refractivity contribution in [3.05, 3.63) is 0 Å². The molecule has 1 saturated heterocycles. The molecule has 0 aromatic heterocycles. The van der Waals surface area contributed by atoms with Gasteiger partial charge in [0.15, 0.2) is 0 Å². The third-order valence-electron chi connectivity index (χ3n) is 2.57. The fourth-order valence-corrected chi connectivity index (χ4v) is 5.59. The van der Waals surface area contributed by atoms with Crippen molar-refractivity contribution in [3.63, 3.8) is 0 Å². The first-order valence-corrected chi connectivity index (χ1v) is 8.26. The molecule has 1 aliphatic heterocycles. The van der Waals surface area contributed by atoms with Gasteiger partial charge in [-0.25, -0.2) is 0 Å². The van der Waals surface area contributed by atoms with E-state index in [0.29, 0.717) is 0 Å². The largest absolute Gasteiger partial charge is 0.612 e. The smallest absolute Gasteiger partial charge is 0.261 e. The third-order valence-corrected chi connectivity index (χ3v) is 6.89. The Hall–Kier alpha value is 0.620. The first-order chi connectivity index (χ1) is 6.75. The van der Waals surface area contributed by atoms with Gasteiger partial charge in [-0.15, -0.1) is 0 Å². The summed E-state index contributed by atoms with van der Waals surface area (Å²) in [7, 11) is 0. The predicted octanol–water partition coefficient (Wildman–Crippen LogP) is 2.18. The van der Waals surface area contributed by atoms with Crippen LogP contribution in [0, 0.1) is 0 Å². The Morgan fingerprint density at radius 1 is 1.36 bits per heavy atom. The normalized spacial score (nSPS) is 30.2. The quantitative estimate of drug-likeness (QED) is 0.542. The standard InChI is InChI=1S/C10H20O2S2/c1-2-3-5-8-13(11)10-7-4-6-9-14(10)12/h10H,2-9H2,1H3. The average Bonchev–Trinajstić information content (AvgIpc) is 2.18. The fourth-order valence-electron chi connectivity index (χ4n) is 1.70. The Morgan fingerprint density at radius 2 is 2.14 bits per heavy atom. The van der Waals surface area contributed by atoms with Crippen molar-refractivity contribution < 1.29 is 9.11 Å². The van der Waals surface area contributed by atoms with Crippen LogP contribution in [0.2, 0.25) is 0 Å². The summed E-state index contributed by atoms with van der Waals surface area (Å²) in [4.78, 5) is 0. The Labute approximate surface area is 93.2 Å². The predicted molar refractivity (Wildman–Crippen MR) is 63.2 cm³/mol. The molecule has 3 atom stereocenters. The van der Waals surface area contributed by atoms with Gasteiger partial charge in [0.05, 0.1) is 0 Å². The van der Waals surface area contributed by atoms with E-state index in [1.165, 1.54) is 0 Å². The van der Waals surface area contributed by atoms with E-state index < -0.39 is 22.4 Å². The summed E-state index contributed by atoms with van der Waals surface area (Å²) in [6.07, 6.45) is 6.39. The number of hydrogen-bond acceptors (Lipinski definition) is 2. The van der Waals surface area contributed by atoms with Crippen LogP contribution in [0.15, 0.2) is 0 Å². The van der Waals surface area contributed by atoms with E-state index in [0.717, 1.165) is 50.0 Å². The van der Waals surface area contributed by atoms with Crippen LogP contribution in [-0.4, -0.2) is 25.2 Å². The molecule has 0 radical (unpaired) electrons. The minimum absolute atomic E-state index is 0.0133. The molecule has 0 amide bonds. The maximum atomic E-state index is 11.8. The molecular formula is C10H20O2S2. The Bertz CT molecular complexity index is 155. The second-order valence-electron chi connectivity index (χ2n) is 3.80. The minimum atomic E-state index is -0.838. The van der Waals surface area contributed by atoms with Gasteiger partial charge in [-0.1, -0.05) is 13.3 Å². The van der Waals surface area contributed by atoms with E-state index >= 15 is 0 Å². The summed E-state index contributed by atoms with van der Waals surface area (Å²) in [6.45, 7) is 2.14. The second kappa shape index (κ2) is 6.99. The molecule has 2 nitrogen and oxygen atoms in total. The molecule has 0 N–H and O–H groups in total. The molecule has 0 aliphatic carbocycles. The lowest BCUT2D eigenvalue weighted by molar-refractivity contribution is 0.546. The third kappa shape index (κ3) is 4.01. The highest BCUT2D eigenvalue weighted by Gasteiger charge is 2.35. The van der Waals surface area contributed by atoms with Crippen LogP contribution in [0.4, 0.5) is 0 Å². The zero-order valence-electron chi connectivity index (χ0n) is 8.87. The van der Waals surface area contributed by atoms with Gasteiger partial charge < -0.3 is 9.11 Å². The van der Waals surface area contributed by atoms with Crippen LogP contribution in [0.5, 0.6) is 0 Å². The Kier molecular flexibility index (Phi) is 6.33. The van der Waals surface area contributed by atoms with Crippen LogP contribution in [0.25, 0.3) is 0 Å². The molecule has 1 aliphatic rings. The van der Waals surface area contributed by atoms with E-state index in [2.05, 4.69) is 6.92 Å². The minimum Gasteiger partial charge on any atom is -0.612 e. The molecule has 4 heteroatoms. The van der Waals surface area contributed by atoms with Crippen molar-refractivity contribution in [2.75, 3.05) is 11.5 Å². The van der Waals surface area contributed by atoms with Crippen molar-refractivity contribution in [2.45, 2.75) is 50.0 Å². The molecule has 0 aromatic carbocycles. The number of unbranched alkanes of at least 4 members (excludes halogenated alkanes) is 2. The lowest BCUT2D eigenvalue weighted by Crippen LogP contribution is -2.36. The SMILES string of the molecule is CCCCC[S+]([O-])C1CCCC[S+]1[O-]. The first kappa shape index (κ1) is 12.7. The van der Waals surface area contributed by atoms with Gasteiger partial charge in [-0.3, -0.25) is 0 Å². The molecule has 0 bridgehead atoms. The molecule has 1 heterocycles.